The van der Waals surface area contributed by atoms with Gasteiger partial charge >= 0.3 is 0 Å². The molecule has 0 heterocycles. The Balaban J connectivity index is 2.05. The van der Waals surface area contributed by atoms with E-state index >= 15 is 0 Å². The summed E-state index contributed by atoms with van der Waals surface area (Å²) >= 11 is 0. The Morgan fingerprint density at radius 3 is 2.70 bits per heavy atom. The van der Waals surface area contributed by atoms with E-state index in [1.54, 1.807) is 12.1 Å². The topological polar surface area (TPSA) is 15.3 Å². The van der Waals surface area contributed by atoms with E-state index in [9.17, 15) is 4.39 Å². The summed E-state index contributed by atoms with van der Waals surface area (Å²) in [6, 6.07) is 8.13. The number of rotatable bonds is 5. The van der Waals surface area contributed by atoms with E-state index in [4.69, 9.17) is 0 Å². The average molecular weight is 278 g/mol. The van der Waals surface area contributed by atoms with Crippen LogP contribution < -0.4 is 5.32 Å². The monoisotopic (exact) mass is 278 g/mol. The first-order valence-corrected chi connectivity index (χ1v) is 7.76. The van der Waals surface area contributed by atoms with Crippen molar-refractivity contribution in [3.8, 4) is 0 Å². The molecule has 1 aromatic rings. The van der Waals surface area contributed by atoms with Gasteiger partial charge in [-0.3, -0.25) is 4.90 Å². The molecule has 1 fully saturated rings. The van der Waals surface area contributed by atoms with E-state index in [-0.39, 0.29) is 5.82 Å². The minimum atomic E-state index is -0.0943. The second kappa shape index (κ2) is 7.19. The number of hydrogen-bond acceptors (Lipinski definition) is 2. The predicted molar refractivity (Wildman–Crippen MR) is 82.1 cm³/mol. The van der Waals surface area contributed by atoms with Crippen molar-refractivity contribution in [3.05, 3.63) is 35.6 Å². The maximum absolute atomic E-state index is 13.8. The van der Waals surface area contributed by atoms with Crippen molar-refractivity contribution in [2.24, 2.45) is 5.92 Å². The summed E-state index contributed by atoms with van der Waals surface area (Å²) in [5, 5.41) is 3.44. The van der Waals surface area contributed by atoms with E-state index in [1.807, 2.05) is 19.2 Å². The molecule has 3 unspecified atom stereocenters. The fourth-order valence-corrected chi connectivity index (χ4v) is 3.44. The molecule has 2 nitrogen and oxygen atoms in total. The SMILES string of the molecule is CCC1CCC(NC)C(N(C)Cc2ccccc2F)C1. The van der Waals surface area contributed by atoms with Gasteiger partial charge in [-0.05, 0) is 45.3 Å². The van der Waals surface area contributed by atoms with Crippen LogP contribution in [0.5, 0.6) is 0 Å². The second-order valence-corrected chi connectivity index (χ2v) is 6.06. The molecule has 1 aliphatic rings. The predicted octanol–water partition coefficient (Wildman–Crippen LogP) is 3.42. The van der Waals surface area contributed by atoms with Gasteiger partial charge in [0.2, 0.25) is 0 Å². The van der Waals surface area contributed by atoms with Crippen LogP contribution in [0.25, 0.3) is 0 Å². The van der Waals surface area contributed by atoms with Crippen LogP contribution >= 0.6 is 0 Å². The smallest absolute Gasteiger partial charge is 0.127 e. The van der Waals surface area contributed by atoms with Gasteiger partial charge in [-0.2, -0.15) is 0 Å². The lowest BCUT2D eigenvalue weighted by atomic mass is 9.80. The van der Waals surface area contributed by atoms with Crippen molar-refractivity contribution in [2.45, 2.75) is 51.2 Å². The lowest BCUT2D eigenvalue weighted by Crippen LogP contribution is -2.50. The first kappa shape index (κ1) is 15.5. The third kappa shape index (κ3) is 3.58. The summed E-state index contributed by atoms with van der Waals surface area (Å²) in [6.07, 6.45) is 5.00. The van der Waals surface area contributed by atoms with Gasteiger partial charge in [-0.1, -0.05) is 31.5 Å². The van der Waals surface area contributed by atoms with Gasteiger partial charge < -0.3 is 5.32 Å². The molecule has 1 aromatic carbocycles. The summed E-state index contributed by atoms with van der Waals surface area (Å²) in [5.41, 5.74) is 0.795. The molecule has 1 aliphatic carbocycles. The van der Waals surface area contributed by atoms with Gasteiger partial charge in [0.05, 0.1) is 0 Å². The highest BCUT2D eigenvalue weighted by molar-refractivity contribution is 5.17. The standard InChI is InChI=1S/C17H27FN2/c1-4-13-9-10-16(19-2)17(11-13)20(3)12-14-7-5-6-8-15(14)18/h5-8,13,16-17,19H,4,9-12H2,1-3H3. The summed E-state index contributed by atoms with van der Waals surface area (Å²) in [5.74, 6) is 0.718. The number of nitrogens with zero attached hydrogens (tertiary/aromatic N) is 1. The molecule has 2 rings (SSSR count). The van der Waals surface area contributed by atoms with E-state index in [2.05, 4.69) is 24.2 Å². The molecule has 0 radical (unpaired) electrons. The molecule has 0 aromatic heterocycles. The fourth-order valence-electron chi connectivity index (χ4n) is 3.44. The number of nitrogens with one attached hydrogen (secondary N) is 1. The van der Waals surface area contributed by atoms with Crippen LogP contribution in [0.1, 0.15) is 38.2 Å². The van der Waals surface area contributed by atoms with Crippen molar-refractivity contribution in [1.82, 2.24) is 10.2 Å². The molecule has 3 heteroatoms. The zero-order valence-electron chi connectivity index (χ0n) is 12.9. The fraction of sp³-hybridized carbons (Fsp3) is 0.647. The number of benzene rings is 1. The van der Waals surface area contributed by atoms with Gasteiger partial charge in [0.15, 0.2) is 0 Å². The maximum Gasteiger partial charge on any atom is 0.127 e. The Hall–Kier alpha value is -0.930. The molecule has 0 saturated heterocycles. The molecule has 20 heavy (non-hydrogen) atoms. The van der Waals surface area contributed by atoms with Crippen LogP contribution in [0, 0.1) is 11.7 Å². The summed E-state index contributed by atoms with van der Waals surface area (Å²) in [6.45, 7) is 2.96. The Kier molecular flexibility index (Phi) is 5.55. The summed E-state index contributed by atoms with van der Waals surface area (Å²) in [4.78, 5) is 2.32. The van der Waals surface area contributed by atoms with Gasteiger partial charge in [-0.15, -0.1) is 0 Å². The molecule has 112 valence electrons. The molecule has 1 N–H and O–H groups in total. The Morgan fingerprint density at radius 2 is 2.05 bits per heavy atom. The number of hydrogen-bond donors (Lipinski definition) is 1. The zero-order valence-corrected chi connectivity index (χ0v) is 12.9. The van der Waals surface area contributed by atoms with Gasteiger partial charge in [0, 0.05) is 24.2 Å². The summed E-state index contributed by atoms with van der Waals surface area (Å²) < 4.78 is 13.8. The van der Waals surface area contributed by atoms with Crippen molar-refractivity contribution in [2.75, 3.05) is 14.1 Å². The Bertz CT molecular complexity index is 421. The first-order valence-electron chi connectivity index (χ1n) is 7.76. The Labute approximate surface area is 122 Å². The third-order valence-electron chi connectivity index (χ3n) is 4.82. The van der Waals surface area contributed by atoms with E-state index in [0.717, 1.165) is 11.5 Å². The minimum absolute atomic E-state index is 0.0943. The quantitative estimate of drug-likeness (QED) is 0.888. The van der Waals surface area contributed by atoms with Gasteiger partial charge in [0.25, 0.3) is 0 Å². The van der Waals surface area contributed by atoms with Crippen LogP contribution in [0.4, 0.5) is 4.39 Å². The molecule has 0 amide bonds. The van der Waals surface area contributed by atoms with Crippen molar-refractivity contribution in [1.29, 1.82) is 0 Å². The maximum atomic E-state index is 13.8. The zero-order chi connectivity index (χ0) is 14.5. The lowest BCUT2D eigenvalue weighted by molar-refractivity contribution is 0.115. The molecular weight excluding hydrogens is 251 g/mol. The van der Waals surface area contributed by atoms with Crippen LogP contribution in [-0.4, -0.2) is 31.1 Å². The van der Waals surface area contributed by atoms with Crippen LogP contribution in [0.3, 0.4) is 0 Å². The average Bonchev–Trinajstić information content (AvgIpc) is 2.48. The lowest BCUT2D eigenvalue weighted by Gasteiger charge is -2.41. The highest BCUT2D eigenvalue weighted by Gasteiger charge is 2.31. The second-order valence-electron chi connectivity index (χ2n) is 6.06. The van der Waals surface area contributed by atoms with E-state index in [1.165, 1.54) is 25.7 Å². The molecule has 3 atom stereocenters. The Morgan fingerprint density at radius 1 is 1.30 bits per heavy atom. The van der Waals surface area contributed by atoms with Gasteiger partial charge in [-0.25, -0.2) is 4.39 Å². The van der Waals surface area contributed by atoms with Crippen molar-refractivity contribution < 1.29 is 4.39 Å². The van der Waals surface area contributed by atoms with Gasteiger partial charge in [0.1, 0.15) is 5.82 Å². The molecule has 0 aliphatic heterocycles. The first-order chi connectivity index (χ1) is 9.65. The normalized spacial score (nSPS) is 26.9. The minimum Gasteiger partial charge on any atom is -0.315 e. The van der Waals surface area contributed by atoms with Crippen molar-refractivity contribution >= 4 is 0 Å². The van der Waals surface area contributed by atoms with Crippen LogP contribution in [0.15, 0.2) is 24.3 Å². The van der Waals surface area contributed by atoms with E-state index in [0.29, 0.717) is 18.6 Å². The van der Waals surface area contributed by atoms with E-state index < -0.39 is 0 Å². The van der Waals surface area contributed by atoms with Crippen molar-refractivity contribution in [3.63, 3.8) is 0 Å². The molecular formula is C17H27FN2. The highest BCUT2D eigenvalue weighted by Crippen LogP contribution is 2.30. The van der Waals surface area contributed by atoms with Crippen LogP contribution in [0.2, 0.25) is 0 Å². The number of likely N-dealkylation sites (N-methyl/N-ethyl adjacent to an activating group) is 2. The highest BCUT2D eigenvalue weighted by atomic mass is 19.1. The number of halogens is 1. The third-order valence-corrected chi connectivity index (χ3v) is 4.82. The van der Waals surface area contributed by atoms with Crippen LogP contribution in [-0.2, 0) is 6.54 Å². The molecule has 1 saturated carbocycles. The molecule has 0 spiro atoms. The summed E-state index contributed by atoms with van der Waals surface area (Å²) in [7, 11) is 4.17. The largest absolute Gasteiger partial charge is 0.315 e. The molecule has 0 bridgehead atoms.